The van der Waals surface area contributed by atoms with Gasteiger partial charge in [-0.1, -0.05) is 0 Å². The molecule has 1 rings (SSSR count). The average Bonchev–Trinajstić information content (AvgIpc) is 2.48. The zero-order valence-electron chi connectivity index (χ0n) is 8.97. The maximum atomic E-state index is 12.0. The molecule has 96 valence electrons. The molecule has 0 amide bonds. The fourth-order valence-electron chi connectivity index (χ4n) is 1.19. The monoisotopic (exact) mass is 315 g/mol. The molecule has 0 spiro atoms. The van der Waals surface area contributed by atoms with Crippen molar-refractivity contribution in [1.82, 2.24) is 4.57 Å². The number of carbonyl (C=O) groups excluding carboxylic acids is 1. The van der Waals surface area contributed by atoms with Gasteiger partial charge in [-0.25, -0.2) is 4.79 Å². The van der Waals surface area contributed by atoms with E-state index in [1.165, 1.54) is 17.8 Å². The second-order valence-electron chi connectivity index (χ2n) is 3.16. The number of alkyl halides is 3. The van der Waals surface area contributed by atoms with E-state index in [9.17, 15) is 18.0 Å². The number of hydrogen-bond donors (Lipinski definition) is 0. The van der Waals surface area contributed by atoms with Crippen LogP contribution < -0.4 is 4.74 Å². The number of methoxy groups -OCH3 is 1. The molecule has 1 aromatic rings. The topological polar surface area (TPSA) is 40.5 Å². The van der Waals surface area contributed by atoms with Crippen LogP contribution in [-0.4, -0.2) is 30.4 Å². The molecule has 0 radical (unpaired) electrons. The molecule has 0 aliphatic carbocycles. The first-order valence-corrected chi connectivity index (χ1v) is 5.18. The number of ether oxygens (including phenoxy) is 2. The van der Waals surface area contributed by atoms with Crippen molar-refractivity contribution in [1.29, 1.82) is 0 Å². The smallest absolute Gasteiger partial charge is 0.422 e. The highest BCUT2D eigenvalue weighted by molar-refractivity contribution is 9.10. The molecule has 0 N–H and O–H groups in total. The molecule has 0 saturated heterocycles. The summed E-state index contributed by atoms with van der Waals surface area (Å²) in [6.45, 7) is -1.47. The number of hydrogen-bond acceptors (Lipinski definition) is 3. The Bertz CT molecular complexity index is 428. The lowest BCUT2D eigenvalue weighted by atomic mass is 10.4. The van der Waals surface area contributed by atoms with Gasteiger partial charge in [0.15, 0.2) is 18.1 Å². The molecule has 17 heavy (non-hydrogen) atoms. The molecule has 0 saturated carbocycles. The van der Waals surface area contributed by atoms with Crippen LogP contribution in [0, 0.1) is 0 Å². The number of halogens is 4. The van der Waals surface area contributed by atoms with E-state index in [2.05, 4.69) is 25.4 Å². The first-order chi connectivity index (χ1) is 7.76. The second-order valence-corrected chi connectivity index (χ2v) is 4.02. The molecule has 4 nitrogen and oxygen atoms in total. The van der Waals surface area contributed by atoms with Gasteiger partial charge in [-0.2, -0.15) is 13.2 Å². The van der Waals surface area contributed by atoms with Gasteiger partial charge in [0.05, 0.1) is 11.6 Å². The van der Waals surface area contributed by atoms with Crippen molar-refractivity contribution in [2.75, 3.05) is 13.7 Å². The van der Waals surface area contributed by atoms with Crippen LogP contribution in [0.5, 0.6) is 5.75 Å². The maximum Gasteiger partial charge on any atom is 0.422 e. The fourth-order valence-corrected chi connectivity index (χ4v) is 1.80. The lowest BCUT2D eigenvalue weighted by Gasteiger charge is -2.10. The quantitative estimate of drug-likeness (QED) is 0.805. The molecule has 0 fully saturated rings. The summed E-state index contributed by atoms with van der Waals surface area (Å²) < 4.78 is 46.7. The summed E-state index contributed by atoms with van der Waals surface area (Å²) in [7, 11) is 2.63. The number of aromatic nitrogens is 1. The Hall–Kier alpha value is -1.18. The Kier molecular flexibility index (Phi) is 4.07. The minimum Gasteiger partial charge on any atom is -0.480 e. The van der Waals surface area contributed by atoms with Gasteiger partial charge in [-0.15, -0.1) is 0 Å². The van der Waals surface area contributed by atoms with Gasteiger partial charge in [0.1, 0.15) is 0 Å². The molecule has 0 unspecified atom stereocenters. The molecular formula is C9H9BrF3NO3. The van der Waals surface area contributed by atoms with Crippen molar-refractivity contribution in [2.45, 2.75) is 6.18 Å². The van der Waals surface area contributed by atoms with E-state index in [1.807, 2.05) is 0 Å². The predicted octanol–water partition coefficient (Wildman–Crippen LogP) is 2.52. The van der Waals surface area contributed by atoms with E-state index < -0.39 is 18.8 Å². The van der Waals surface area contributed by atoms with Crippen LogP contribution in [0.2, 0.25) is 0 Å². The molecule has 0 atom stereocenters. The highest BCUT2D eigenvalue weighted by Gasteiger charge is 2.31. The number of nitrogens with zero attached hydrogens (tertiary/aromatic N) is 1. The van der Waals surface area contributed by atoms with E-state index in [1.54, 1.807) is 0 Å². The zero-order chi connectivity index (χ0) is 13.2. The lowest BCUT2D eigenvalue weighted by Crippen LogP contribution is -2.20. The van der Waals surface area contributed by atoms with E-state index in [0.29, 0.717) is 0 Å². The third-order valence-corrected chi connectivity index (χ3v) is 2.42. The lowest BCUT2D eigenvalue weighted by molar-refractivity contribution is -0.153. The third-order valence-electron chi connectivity index (χ3n) is 1.85. The molecule has 0 aliphatic rings. The summed E-state index contributed by atoms with van der Waals surface area (Å²) >= 11 is 3.01. The SMILES string of the molecule is COC(=O)c1c(OCC(F)(F)F)c(Br)cn1C. The van der Waals surface area contributed by atoms with Gasteiger partial charge in [0.25, 0.3) is 0 Å². The van der Waals surface area contributed by atoms with Crippen LogP contribution >= 0.6 is 15.9 Å². The highest BCUT2D eigenvalue weighted by Crippen LogP contribution is 2.32. The van der Waals surface area contributed by atoms with Gasteiger partial charge in [-0.05, 0) is 15.9 Å². The van der Waals surface area contributed by atoms with E-state index >= 15 is 0 Å². The van der Waals surface area contributed by atoms with Crippen LogP contribution in [0.15, 0.2) is 10.7 Å². The Labute approximate surface area is 103 Å². The molecular weight excluding hydrogens is 307 g/mol. The minimum atomic E-state index is -4.47. The summed E-state index contributed by atoms with van der Waals surface area (Å²) in [5, 5.41) is 0. The number of carbonyl (C=O) groups is 1. The van der Waals surface area contributed by atoms with E-state index in [-0.39, 0.29) is 15.9 Å². The van der Waals surface area contributed by atoms with Crippen LogP contribution in [0.1, 0.15) is 10.5 Å². The standard InChI is InChI=1S/C9H9BrF3NO3/c1-14-3-5(10)7(6(14)8(15)16-2)17-4-9(11,12)13/h3H,4H2,1-2H3. The normalized spacial score (nSPS) is 11.4. The van der Waals surface area contributed by atoms with Crippen molar-refractivity contribution in [3.63, 3.8) is 0 Å². The van der Waals surface area contributed by atoms with Crippen LogP contribution in [0.4, 0.5) is 13.2 Å². The van der Waals surface area contributed by atoms with E-state index in [0.717, 1.165) is 7.11 Å². The predicted molar refractivity (Wildman–Crippen MR) is 56.0 cm³/mol. The van der Waals surface area contributed by atoms with Crippen molar-refractivity contribution < 1.29 is 27.4 Å². The molecule has 1 heterocycles. The van der Waals surface area contributed by atoms with Crippen LogP contribution in [0.25, 0.3) is 0 Å². The number of rotatable bonds is 3. The molecule has 0 bridgehead atoms. The molecule has 8 heteroatoms. The Morgan fingerprint density at radius 3 is 2.59 bits per heavy atom. The van der Waals surface area contributed by atoms with Gasteiger partial charge >= 0.3 is 12.1 Å². The van der Waals surface area contributed by atoms with Gasteiger partial charge in [0, 0.05) is 13.2 Å². The summed E-state index contributed by atoms with van der Waals surface area (Å²) in [5.74, 6) is -0.952. The van der Waals surface area contributed by atoms with Crippen molar-refractivity contribution in [3.05, 3.63) is 16.4 Å². The fraction of sp³-hybridized carbons (Fsp3) is 0.444. The van der Waals surface area contributed by atoms with Gasteiger partial charge < -0.3 is 14.0 Å². The van der Waals surface area contributed by atoms with Gasteiger partial charge in [0.2, 0.25) is 0 Å². The maximum absolute atomic E-state index is 12.0. The third kappa shape index (κ3) is 3.39. The molecule has 0 aromatic carbocycles. The van der Waals surface area contributed by atoms with Crippen molar-refractivity contribution in [2.24, 2.45) is 7.05 Å². The average molecular weight is 316 g/mol. The first-order valence-electron chi connectivity index (χ1n) is 4.39. The Morgan fingerprint density at radius 2 is 2.12 bits per heavy atom. The number of esters is 1. The largest absolute Gasteiger partial charge is 0.480 e. The summed E-state index contributed by atoms with van der Waals surface area (Å²) in [5.41, 5.74) is -0.0800. The summed E-state index contributed by atoms with van der Waals surface area (Å²) in [6.07, 6.45) is -3.05. The molecule has 0 aliphatic heterocycles. The Morgan fingerprint density at radius 1 is 1.53 bits per heavy atom. The van der Waals surface area contributed by atoms with Crippen LogP contribution in [0.3, 0.4) is 0 Å². The van der Waals surface area contributed by atoms with Crippen LogP contribution in [-0.2, 0) is 11.8 Å². The zero-order valence-corrected chi connectivity index (χ0v) is 10.6. The first kappa shape index (κ1) is 13.9. The molecule has 1 aromatic heterocycles. The van der Waals surface area contributed by atoms with Gasteiger partial charge in [-0.3, -0.25) is 0 Å². The summed E-state index contributed by atoms with van der Waals surface area (Å²) in [4.78, 5) is 11.4. The summed E-state index contributed by atoms with van der Waals surface area (Å²) in [6, 6.07) is 0. The number of aryl methyl sites for hydroxylation is 1. The highest BCUT2D eigenvalue weighted by atomic mass is 79.9. The van der Waals surface area contributed by atoms with Crippen molar-refractivity contribution in [3.8, 4) is 5.75 Å². The van der Waals surface area contributed by atoms with Crippen molar-refractivity contribution >= 4 is 21.9 Å². The minimum absolute atomic E-state index is 0.0800. The van der Waals surface area contributed by atoms with E-state index in [4.69, 9.17) is 0 Å². The Balaban J connectivity index is 3.02. The second kappa shape index (κ2) is 4.99.